The molecule has 19 heavy (non-hydrogen) atoms. The summed E-state index contributed by atoms with van der Waals surface area (Å²) in [5.74, 6) is 0.963. The quantitative estimate of drug-likeness (QED) is 0.848. The highest BCUT2D eigenvalue weighted by Crippen LogP contribution is 2.29. The molecule has 2 nitrogen and oxygen atoms in total. The van der Waals surface area contributed by atoms with E-state index in [2.05, 4.69) is 53.1 Å². The van der Waals surface area contributed by atoms with Crippen LogP contribution in [-0.2, 0) is 0 Å². The van der Waals surface area contributed by atoms with Crippen LogP contribution in [0.15, 0.2) is 22.7 Å². The first-order chi connectivity index (χ1) is 9.02. The molecule has 4 heteroatoms. The lowest BCUT2D eigenvalue weighted by molar-refractivity contribution is 0.623. The fourth-order valence-electron chi connectivity index (χ4n) is 2.01. The lowest BCUT2D eigenvalue weighted by Gasteiger charge is -2.15. The molecule has 0 saturated heterocycles. The van der Waals surface area contributed by atoms with Crippen molar-refractivity contribution in [2.45, 2.75) is 33.1 Å². The van der Waals surface area contributed by atoms with Gasteiger partial charge in [0.1, 0.15) is 11.6 Å². The van der Waals surface area contributed by atoms with Gasteiger partial charge in [0.25, 0.3) is 0 Å². The number of halogens is 2. The molecule has 102 valence electrons. The number of nitrogens with zero attached hydrogens (tertiary/aromatic N) is 1. The molecule has 0 saturated carbocycles. The van der Waals surface area contributed by atoms with Crippen LogP contribution < -0.4 is 5.32 Å². The van der Waals surface area contributed by atoms with Gasteiger partial charge in [0.05, 0.1) is 9.99 Å². The second-order valence-corrected chi connectivity index (χ2v) is 5.82. The van der Waals surface area contributed by atoms with Gasteiger partial charge in [-0.1, -0.05) is 20.8 Å². The molecule has 0 amide bonds. The van der Waals surface area contributed by atoms with Crippen molar-refractivity contribution < 1.29 is 4.39 Å². The predicted molar refractivity (Wildman–Crippen MR) is 82.3 cm³/mol. The van der Waals surface area contributed by atoms with Crippen LogP contribution in [0.5, 0.6) is 0 Å². The van der Waals surface area contributed by atoms with Crippen molar-refractivity contribution in [3.63, 3.8) is 0 Å². The second kappa shape index (κ2) is 5.87. The van der Waals surface area contributed by atoms with E-state index in [0.29, 0.717) is 15.9 Å². The van der Waals surface area contributed by atoms with Crippen molar-refractivity contribution >= 4 is 32.7 Å². The molecule has 1 aromatic carbocycles. The van der Waals surface area contributed by atoms with Crippen LogP contribution in [-0.4, -0.2) is 11.5 Å². The summed E-state index contributed by atoms with van der Waals surface area (Å²) in [5.41, 5.74) is 1.85. The van der Waals surface area contributed by atoms with Gasteiger partial charge in [-0.15, -0.1) is 0 Å². The largest absolute Gasteiger partial charge is 0.370 e. The molecule has 0 aliphatic rings. The first-order valence-electron chi connectivity index (χ1n) is 6.56. The molecule has 0 aliphatic heterocycles. The minimum absolute atomic E-state index is 0.279. The van der Waals surface area contributed by atoms with Gasteiger partial charge in [0, 0.05) is 18.0 Å². The van der Waals surface area contributed by atoms with E-state index < -0.39 is 0 Å². The highest BCUT2D eigenvalue weighted by atomic mass is 79.9. The smallest absolute Gasteiger partial charge is 0.139 e. The number of rotatable bonds is 4. The van der Waals surface area contributed by atoms with Crippen LogP contribution in [0.25, 0.3) is 10.9 Å². The summed E-state index contributed by atoms with van der Waals surface area (Å²) in [4.78, 5) is 4.56. The van der Waals surface area contributed by atoms with Crippen molar-refractivity contribution in [1.82, 2.24) is 4.98 Å². The van der Waals surface area contributed by atoms with E-state index in [1.807, 2.05) is 0 Å². The number of fused-ring (bicyclic) bond motifs is 1. The average molecular weight is 325 g/mol. The van der Waals surface area contributed by atoms with Gasteiger partial charge in [0.2, 0.25) is 0 Å². The molecule has 2 aromatic rings. The lowest BCUT2D eigenvalue weighted by Crippen LogP contribution is -2.06. The number of nitrogens with one attached hydrogen (secondary N) is 1. The van der Waals surface area contributed by atoms with Gasteiger partial charge < -0.3 is 5.32 Å². The van der Waals surface area contributed by atoms with Crippen LogP contribution >= 0.6 is 15.9 Å². The van der Waals surface area contributed by atoms with Gasteiger partial charge in [0.15, 0.2) is 0 Å². The van der Waals surface area contributed by atoms with Crippen LogP contribution in [0.1, 0.15) is 38.7 Å². The van der Waals surface area contributed by atoms with E-state index in [4.69, 9.17) is 0 Å². The Bertz CT molecular complexity index is 596. The molecule has 0 radical (unpaired) electrons. The minimum Gasteiger partial charge on any atom is -0.370 e. The molecule has 1 heterocycles. The Kier molecular flexibility index (Phi) is 4.40. The summed E-state index contributed by atoms with van der Waals surface area (Å²) in [6.07, 6.45) is 1.03. The number of hydrogen-bond acceptors (Lipinski definition) is 2. The van der Waals surface area contributed by atoms with Gasteiger partial charge >= 0.3 is 0 Å². The fourth-order valence-corrected chi connectivity index (χ4v) is 2.37. The van der Waals surface area contributed by atoms with Crippen molar-refractivity contribution in [3.05, 3.63) is 34.1 Å². The maximum Gasteiger partial charge on any atom is 0.139 e. The standard InChI is InChI=1S/C15H18BrFN2/c1-4-5-18-15-11(9(2)3)6-10-7-12(16)13(17)8-14(10)19-15/h6-9H,4-5H2,1-3H3,(H,18,19). The number of aromatic nitrogens is 1. The van der Waals surface area contributed by atoms with Crippen molar-refractivity contribution in [1.29, 1.82) is 0 Å². The SMILES string of the molecule is CCCNc1nc2cc(F)c(Br)cc2cc1C(C)C. The van der Waals surface area contributed by atoms with Gasteiger partial charge in [-0.05, 0) is 46.0 Å². The molecule has 0 atom stereocenters. The minimum atomic E-state index is -0.279. The van der Waals surface area contributed by atoms with Crippen LogP contribution in [0.2, 0.25) is 0 Å². The predicted octanol–water partition coefficient (Wildman–Crippen LogP) is 5.08. The van der Waals surface area contributed by atoms with E-state index in [-0.39, 0.29) is 5.82 Å². The molecule has 0 bridgehead atoms. The van der Waals surface area contributed by atoms with E-state index in [1.54, 1.807) is 6.07 Å². The molecular formula is C15H18BrFN2. The first-order valence-corrected chi connectivity index (χ1v) is 7.35. The average Bonchev–Trinajstić information content (AvgIpc) is 2.36. The Balaban J connectivity index is 2.58. The summed E-state index contributed by atoms with van der Waals surface area (Å²) in [6, 6.07) is 5.35. The summed E-state index contributed by atoms with van der Waals surface area (Å²) >= 11 is 3.22. The Morgan fingerprint density at radius 1 is 1.32 bits per heavy atom. The zero-order valence-electron chi connectivity index (χ0n) is 11.4. The number of anilines is 1. The van der Waals surface area contributed by atoms with Crippen LogP contribution in [0.4, 0.5) is 10.2 Å². The monoisotopic (exact) mass is 324 g/mol. The fraction of sp³-hybridized carbons (Fsp3) is 0.400. The molecule has 1 aromatic heterocycles. The van der Waals surface area contributed by atoms with E-state index >= 15 is 0 Å². The van der Waals surface area contributed by atoms with Crippen LogP contribution in [0.3, 0.4) is 0 Å². The van der Waals surface area contributed by atoms with E-state index in [1.165, 1.54) is 11.6 Å². The molecule has 0 fully saturated rings. The van der Waals surface area contributed by atoms with Crippen LogP contribution in [0, 0.1) is 5.82 Å². The molecule has 2 rings (SSSR count). The Labute approximate surface area is 121 Å². The molecular weight excluding hydrogens is 307 g/mol. The maximum atomic E-state index is 13.6. The van der Waals surface area contributed by atoms with E-state index in [0.717, 1.165) is 24.2 Å². The topological polar surface area (TPSA) is 24.9 Å². The summed E-state index contributed by atoms with van der Waals surface area (Å²) in [5, 5.41) is 4.28. The molecule has 0 unspecified atom stereocenters. The molecule has 0 spiro atoms. The van der Waals surface area contributed by atoms with E-state index in [9.17, 15) is 4.39 Å². The third-order valence-corrected chi connectivity index (χ3v) is 3.66. The molecule has 1 N–H and O–H groups in total. The summed E-state index contributed by atoms with van der Waals surface area (Å²) in [6.45, 7) is 7.26. The Hall–Kier alpha value is -1.16. The summed E-state index contributed by atoms with van der Waals surface area (Å²) < 4.78 is 14.1. The number of pyridine rings is 1. The highest BCUT2D eigenvalue weighted by molar-refractivity contribution is 9.10. The van der Waals surface area contributed by atoms with Crippen molar-refractivity contribution in [3.8, 4) is 0 Å². The third kappa shape index (κ3) is 3.06. The Morgan fingerprint density at radius 3 is 2.68 bits per heavy atom. The van der Waals surface area contributed by atoms with Gasteiger partial charge in [-0.2, -0.15) is 0 Å². The first kappa shape index (κ1) is 14.3. The van der Waals surface area contributed by atoms with Gasteiger partial charge in [-0.25, -0.2) is 9.37 Å². The van der Waals surface area contributed by atoms with Crippen molar-refractivity contribution in [2.24, 2.45) is 0 Å². The molecule has 0 aliphatic carbocycles. The zero-order chi connectivity index (χ0) is 14.0. The summed E-state index contributed by atoms with van der Waals surface area (Å²) in [7, 11) is 0. The third-order valence-electron chi connectivity index (χ3n) is 3.05. The lowest BCUT2D eigenvalue weighted by atomic mass is 10.0. The highest BCUT2D eigenvalue weighted by Gasteiger charge is 2.11. The maximum absolute atomic E-state index is 13.6. The zero-order valence-corrected chi connectivity index (χ0v) is 13.0. The Morgan fingerprint density at radius 2 is 2.05 bits per heavy atom. The number of benzene rings is 1. The second-order valence-electron chi connectivity index (χ2n) is 4.97. The number of hydrogen-bond donors (Lipinski definition) is 1. The van der Waals surface area contributed by atoms with Gasteiger partial charge in [-0.3, -0.25) is 0 Å². The normalized spacial score (nSPS) is 11.3. The van der Waals surface area contributed by atoms with Crippen molar-refractivity contribution in [2.75, 3.05) is 11.9 Å².